The molecular formula is C10H13NO3. The third kappa shape index (κ3) is 2.22. The highest BCUT2D eigenvalue weighted by atomic mass is 16.4. The van der Waals surface area contributed by atoms with E-state index in [-0.39, 0.29) is 11.6 Å². The first-order chi connectivity index (χ1) is 6.66. The van der Waals surface area contributed by atoms with Crippen molar-refractivity contribution in [2.24, 2.45) is 0 Å². The molecule has 1 amide bonds. The lowest BCUT2D eigenvalue weighted by Crippen LogP contribution is -2.28. The van der Waals surface area contributed by atoms with Crippen LogP contribution in [0.25, 0.3) is 0 Å². The Morgan fingerprint density at radius 1 is 1.64 bits per heavy atom. The normalized spacial score (nSPS) is 17.3. The minimum atomic E-state index is -1.05. The number of aliphatic carboxylic acids is 1. The van der Waals surface area contributed by atoms with Crippen molar-refractivity contribution in [3.05, 3.63) is 24.4 Å². The minimum absolute atomic E-state index is 0.0763. The Morgan fingerprint density at radius 3 is 2.79 bits per heavy atom. The summed E-state index contributed by atoms with van der Waals surface area (Å²) in [6.45, 7) is 4.00. The Labute approximate surface area is 82.5 Å². The van der Waals surface area contributed by atoms with Crippen LogP contribution in [0.5, 0.6) is 0 Å². The van der Waals surface area contributed by atoms with Crippen LogP contribution in [0.3, 0.4) is 0 Å². The largest absolute Gasteiger partial charge is 0.477 e. The van der Waals surface area contributed by atoms with Crippen LogP contribution >= 0.6 is 0 Å². The zero-order chi connectivity index (χ0) is 10.6. The van der Waals surface area contributed by atoms with E-state index >= 15 is 0 Å². The summed E-state index contributed by atoms with van der Waals surface area (Å²) >= 11 is 0. The summed E-state index contributed by atoms with van der Waals surface area (Å²) in [4.78, 5) is 23.4. The van der Waals surface area contributed by atoms with Gasteiger partial charge in [0.1, 0.15) is 5.70 Å². The third-order valence-corrected chi connectivity index (χ3v) is 2.06. The van der Waals surface area contributed by atoms with Gasteiger partial charge in [-0.3, -0.25) is 4.79 Å². The Balaban J connectivity index is 2.81. The highest BCUT2D eigenvalue weighted by molar-refractivity contribution is 5.93. The molecule has 1 N–H and O–H groups in total. The number of carboxylic acids is 1. The number of hydrogen-bond acceptors (Lipinski definition) is 2. The molecule has 1 aliphatic heterocycles. The average Bonchev–Trinajstić information content (AvgIpc) is 2.52. The highest BCUT2D eigenvalue weighted by Crippen LogP contribution is 2.16. The molecule has 0 spiro atoms. The van der Waals surface area contributed by atoms with Crippen LogP contribution in [0, 0.1) is 0 Å². The molecule has 1 fully saturated rings. The molecule has 76 valence electrons. The third-order valence-electron chi connectivity index (χ3n) is 2.06. The molecule has 1 rings (SSSR count). The molecule has 0 aromatic carbocycles. The van der Waals surface area contributed by atoms with Crippen molar-refractivity contribution in [3.63, 3.8) is 0 Å². The molecule has 0 atom stereocenters. The van der Waals surface area contributed by atoms with Crippen molar-refractivity contribution in [1.82, 2.24) is 4.90 Å². The van der Waals surface area contributed by atoms with Crippen molar-refractivity contribution < 1.29 is 14.7 Å². The summed E-state index contributed by atoms with van der Waals surface area (Å²) in [5.74, 6) is -1.16. The van der Waals surface area contributed by atoms with E-state index in [9.17, 15) is 9.59 Å². The molecule has 0 radical (unpaired) electrons. The molecule has 1 heterocycles. The van der Waals surface area contributed by atoms with Crippen LogP contribution in [0.15, 0.2) is 24.4 Å². The first-order valence-corrected chi connectivity index (χ1v) is 4.51. The van der Waals surface area contributed by atoms with E-state index in [1.807, 2.05) is 0 Å². The van der Waals surface area contributed by atoms with Gasteiger partial charge in [-0.1, -0.05) is 6.08 Å². The number of nitrogens with zero attached hydrogens (tertiary/aromatic N) is 1. The summed E-state index contributed by atoms with van der Waals surface area (Å²) in [6, 6.07) is 0. The second kappa shape index (κ2) is 4.60. The first-order valence-electron chi connectivity index (χ1n) is 4.51. The summed E-state index contributed by atoms with van der Waals surface area (Å²) in [7, 11) is 0. The lowest BCUT2D eigenvalue weighted by molar-refractivity contribution is -0.138. The van der Waals surface area contributed by atoms with Crippen LogP contribution in [0.1, 0.15) is 19.3 Å². The zero-order valence-electron chi connectivity index (χ0n) is 7.90. The maximum absolute atomic E-state index is 11.3. The van der Waals surface area contributed by atoms with E-state index in [2.05, 4.69) is 6.58 Å². The summed E-state index contributed by atoms with van der Waals surface area (Å²) in [5, 5.41) is 8.88. The smallest absolute Gasteiger partial charge is 0.352 e. The predicted molar refractivity (Wildman–Crippen MR) is 51.5 cm³/mol. The molecule has 0 bridgehead atoms. The Kier molecular flexibility index (Phi) is 3.45. The molecular weight excluding hydrogens is 182 g/mol. The molecule has 0 aromatic heterocycles. The molecule has 14 heavy (non-hydrogen) atoms. The molecule has 0 saturated carbocycles. The van der Waals surface area contributed by atoms with Crippen LogP contribution in [-0.4, -0.2) is 28.4 Å². The van der Waals surface area contributed by atoms with Gasteiger partial charge in [-0.15, -0.1) is 6.58 Å². The Hall–Kier alpha value is -1.58. The van der Waals surface area contributed by atoms with E-state index in [0.29, 0.717) is 19.4 Å². The van der Waals surface area contributed by atoms with Gasteiger partial charge in [-0.25, -0.2) is 4.79 Å². The summed E-state index contributed by atoms with van der Waals surface area (Å²) < 4.78 is 0. The highest BCUT2D eigenvalue weighted by Gasteiger charge is 2.26. The number of carboxylic acid groups (broad SMARTS) is 1. The maximum atomic E-state index is 11.3. The number of carbonyl (C=O) groups is 2. The van der Waals surface area contributed by atoms with Crippen molar-refractivity contribution >= 4 is 11.9 Å². The summed E-state index contributed by atoms with van der Waals surface area (Å²) in [6.07, 6.45) is 4.75. The van der Waals surface area contributed by atoms with E-state index in [1.165, 1.54) is 11.0 Å². The molecule has 0 aromatic rings. The zero-order valence-corrected chi connectivity index (χ0v) is 7.90. The topological polar surface area (TPSA) is 57.6 Å². The molecule has 0 aliphatic carbocycles. The quantitative estimate of drug-likeness (QED) is 0.540. The SMILES string of the molecule is C=CC/C=C(\C(=O)O)N1CCCC1=O. The van der Waals surface area contributed by atoms with Crippen molar-refractivity contribution in [2.75, 3.05) is 6.54 Å². The number of amides is 1. The number of rotatable bonds is 4. The fourth-order valence-electron chi connectivity index (χ4n) is 1.41. The fraction of sp³-hybridized carbons (Fsp3) is 0.400. The van der Waals surface area contributed by atoms with E-state index in [0.717, 1.165) is 6.42 Å². The van der Waals surface area contributed by atoms with Gasteiger partial charge >= 0.3 is 5.97 Å². The van der Waals surface area contributed by atoms with Crippen LogP contribution < -0.4 is 0 Å². The maximum Gasteiger partial charge on any atom is 0.352 e. The Morgan fingerprint density at radius 2 is 2.36 bits per heavy atom. The van der Waals surface area contributed by atoms with Crippen LogP contribution in [-0.2, 0) is 9.59 Å². The van der Waals surface area contributed by atoms with Gasteiger partial charge in [0.05, 0.1) is 0 Å². The standard InChI is InChI=1S/C10H13NO3/c1-2-3-5-8(10(13)14)11-7-4-6-9(11)12/h2,5H,1,3-4,6-7H2,(H,13,14)/b8-5+. The molecule has 4 nitrogen and oxygen atoms in total. The number of carbonyl (C=O) groups excluding carboxylic acids is 1. The van der Waals surface area contributed by atoms with Crippen molar-refractivity contribution in [2.45, 2.75) is 19.3 Å². The molecule has 4 heteroatoms. The average molecular weight is 195 g/mol. The van der Waals surface area contributed by atoms with E-state index in [1.54, 1.807) is 6.08 Å². The lowest BCUT2D eigenvalue weighted by Gasteiger charge is -2.15. The van der Waals surface area contributed by atoms with Crippen molar-refractivity contribution in [3.8, 4) is 0 Å². The molecule has 1 aliphatic rings. The van der Waals surface area contributed by atoms with Crippen LogP contribution in [0.4, 0.5) is 0 Å². The minimum Gasteiger partial charge on any atom is -0.477 e. The van der Waals surface area contributed by atoms with Gasteiger partial charge in [0.15, 0.2) is 0 Å². The van der Waals surface area contributed by atoms with Gasteiger partial charge in [-0.05, 0) is 18.9 Å². The van der Waals surface area contributed by atoms with E-state index in [4.69, 9.17) is 5.11 Å². The van der Waals surface area contributed by atoms with Crippen LogP contribution in [0.2, 0.25) is 0 Å². The molecule has 0 unspecified atom stereocenters. The van der Waals surface area contributed by atoms with Gasteiger partial charge in [-0.2, -0.15) is 0 Å². The van der Waals surface area contributed by atoms with Gasteiger partial charge < -0.3 is 10.0 Å². The lowest BCUT2D eigenvalue weighted by atomic mass is 10.3. The summed E-state index contributed by atoms with van der Waals surface area (Å²) in [5.41, 5.74) is 0.0763. The van der Waals surface area contributed by atoms with Gasteiger partial charge in [0.25, 0.3) is 0 Å². The number of likely N-dealkylation sites (tertiary alicyclic amines) is 1. The molecule has 1 saturated heterocycles. The number of allylic oxidation sites excluding steroid dienone is 2. The first kappa shape index (κ1) is 10.5. The van der Waals surface area contributed by atoms with Gasteiger partial charge in [0, 0.05) is 13.0 Å². The second-order valence-electron chi connectivity index (χ2n) is 3.07. The second-order valence-corrected chi connectivity index (χ2v) is 3.07. The fourth-order valence-corrected chi connectivity index (χ4v) is 1.41. The Bertz CT molecular complexity index is 294. The number of hydrogen-bond donors (Lipinski definition) is 1. The monoisotopic (exact) mass is 195 g/mol. The van der Waals surface area contributed by atoms with E-state index < -0.39 is 5.97 Å². The van der Waals surface area contributed by atoms with Gasteiger partial charge in [0.2, 0.25) is 5.91 Å². The van der Waals surface area contributed by atoms with Crippen molar-refractivity contribution in [1.29, 1.82) is 0 Å². The predicted octanol–water partition coefficient (Wildman–Crippen LogP) is 1.15.